The van der Waals surface area contributed by atoms with Gasteiger partial charge >= 0.3 is 5.97 Å². The number of aromatic nitrogens is 1. The van der Waals surface area contributed by atoms with Crippen LogP contribution in [-0.4, -0.2) is 35.1 Å². The van der Waals surface area contributed by atoms with Gasteiger partial charge in [0.2, 0.25) is 0 Å². The van der Waals surface area contributed by atoms with Gasteiger partial charge in [-0.05, 0) is 12.1 Å². The highest BCUT2D eigenvalue weighted by Gasteiger charge is 2.21. The second kappa shape index (κ2) is 6.68. The second-order valence-electron chi connectivity index (χ2n) is 5.43. The van der Waals surface area contributed by atoms with Crippen LogP contribution in [0.3, 0.4) is 0 Å². The smallest absolute Gasteiger partial charge is 0.336 e. The molecule has 0 aliphatic rings. The molecular weight excluding hydrogens is 306 g/mol. The molecule has 0 radical (unpaired) electrons. The summed E-state index contributed by atoms with van der Waals surface area (Å²) in [6.07, 6.45) is 1.77. The van der Waals surface area contributed by atoms with E-state index >= 15 is 0 Å². The zero-order valence-corrected chi connectivity index (χ0v) is 13.2. The monoisotopic (exact) mass is 323 g/mol. The van der Waals surface area contributed by atoms with Crippen LogP contribution in [0.4, 0.5) is 0 Å². The number of carboxylic acid groups (broad SMARTS) is 1. The van der Waals surface area contributed by atoms with Gasteiger partial charge in [0.05, 0.1) is 12.2 Å². The van der Waals surface area contributed by atoms with Gasteiger partial charge < -0.3 is 14.4 Å². The van der Waals surface area contributed by atoms with Crippen LogP contribution in [0.15, 0.2) is 54.7 Å². The van der Waals surface area contributed by atoms with E-state index in [-0.39, 0.29) is 16.9 Å². The number of ketones is 1. The van der Waals surface area contributed by atoms with E-state index in [0.29, 0.717) is 18.7 Å². The van der Waals surface area contributed by atoms with Gasteiger partial charge in [-0.15, -0.1) is 0 Å². The van der Waals surface area contributed by atoms with Crippen molar-refractivity contribution in [2.75, 3.05) is 13.7 Å². The topological polar surface area (TPSA) is 68.5 Å². The summed E-state index contributed by atoms with van der Waals surface area (Å²) in [5.41, 5.74) is 1.62. The summed E-state index contributed by atoms with van der Waals surface area (Å²) >= 11 is 0. The Bertz CT molecular complexity index is 911. The van der Waals surface area contributed by atoms with Crippen molar-refractivity contribution in [3.8, 4) is 0 Å². The molecule has 5 nitrogen and oxygen atoms in total. The Hall–Kier alpha value is -2.92. The average molecular weight is 323 g/mol. The van der Waals surface area contributed by atoms with Gasteiger partial charge in [-0.3, -0.25) is 4.79 Å². The number of rotatable bonds is 6. The van der Waals surface area contributed by atoms with Crippen LogP contribution in [0.1, 0.15) is 26.3 Å². The Morgan fingerprint density at radius 1 is 1.00 bits per heavy atom. The third kappa shape index (κ3) is 2.81. The molecule has 0 bridgehead atoms. The first kappa shape index (κ1) is 16.0. The number of hydrogen-bond acceptors (Lipinski definition) is 3. The molecule has 5 heteroatoms. The summed E-state index contributed by atoms with van der Waals surface area (Å²) < 4.78 is 7.07. The van der Waals surface area contributed by atoms with Crippen molar-refractivity contribution >= 4 is 22.7 Å². The summed E-state index contributed by atoms with van der Waals surface area (Å²) in [5, 5.41) is 10.1. The third-order valence-corrected chi connectivity index (χ3v) is 3.97. The molecule has 1 aromatic heterocycles. The van der Waals surface area contributed by atoms with E-state index < -0.39 is 5.97 Å². The molecule has 1 N–H and O–H groups in total. The molecule has 3 rings (SSSR count). The van der Waals surface area contributed by atoms with Crippen LogP contribution in [0, 0.1) is 0 Å². The van der Waals surface area contributed by atoms with Gasteiger partial charge in [0.1, 0.15) is 0 Å². The van der Waals surface area contributed by atoms with E-state index in [1.807, 2.05) is 28.8 Å². The lowest BCUT2D eigenvalue weighted by Gasteiger charge is -2.04. The molecule has 0 unspecified atom stereocenters. The van der Waals surface area contributed by atoms with Gasteiger partial charge in [-0.1, -0.05) is 36.4 Å². The number of carbonyl (C=O) groups is 2. The molecule has 122 valence electrons. The van der Waals surface area contributed by atoms with E-state index in [0.717, 1.165) is 10.9 Å². The molecule has 2 aromatic carbocycles. The van der Waals surface area contributed by atoms with E-state index in [9.17, 15) is 14.7 Å². The SMILES string of the molecule is COCCn1cc(C(=O)c2ccccc2C(=O)O)c2ccccc21. The third-order valence-electron chi connectivity index (χ3n) is 3.97. The van der Waals surface area contributed by atoms with Crippen LogP contribution in [0.25, 0.3) is 10.9 Å². The van der Waals surface area contributed by atoms with E-state index in [4.69, 9.17) is 4.74 Å². The standard InChI is InChI=1S/C19H17NO4/c1-24-11-10-20-12-16(13-6-4-5-9-17(13)20)18(21)14-7-2-3-8-15(14)19(22)23/h2-9,12H,10-11H2,1H3,(H,22,23). The minimum atomic E-state index is -1.11. The highest BCUT2D eigenvalue weighted by Crippen LogP contribution is 2.25. The first-order valence-electron chi connectivity index (χ1n) is 7.57. The predicted octanol–water partition coefficient (Wildman–Crippen LogP) is 3.22. The van der Waals surface area contributed by atoms with Crippen LogP contribution < -0.4 is 0 Å². The van der Waals surface area contributed by atoms with Crippen molar-refractivity contribution in [3.63, 3.8) is 0 Å². The molecule has 24 heavy (non-hydrogen) atoms. The Balaban J connectivity index is 2.13. The maximum Gasteiger partial charge on any atom is 0.336 e. The second-order valence-corrected chi connectivity index (χ2v) is 5.43. The molecule has 0 saturated carbocycles. The zero-order valence-electron chi connectivity index (χ0n) is 13.2. The van der Waals surface area contributed by atoms with Crippen LogP contribution in [0.5, 0.6) is 0 Å². The minimum absolute atomic E-state index is 0.0104. The van der Waals surface area contributed by atoms with E-state index in [2.05, 4.69) is 0 Å². The van der Waals surface area contributed by atoms with Crippen LogP contribution >= 0.6 is 0 Å². The number of para-hydroxylation sites is 1. The molecule has 0 aliphatic heterocycles. The minimum Gasteiger partial charge on any atom is -0.478 e. The average Bonchev–Trinajstić information content (AvgIpc) is 2.98. The van der Waals surface area contributed by atoms with Gasteiger partial charge in [-0.25, -0.2) is 4.79 Å². The fraction of sp³-hybridized carbons (Fsp3) is 0.158. The Kier molecular flexibility index (Phi) is 4.44. The number of aromatic carboxylic acids is 1. The molecule has 3 aromatic rings. The largest absolute Gasteiger partial charge is 0.478 e. The van der Waals surface area contributed by atoms with Crippen molar-refractivity contribution in [2.24, 2.45) is 0 Å². The van der Waals surface area contributed by atoms with Crippen molar-refractivity contribution in [3.05, 3.63) is 71.4 Å². The number of fused-ring (bicyclic) bond motifs is 1. The molecular formula is C19H17NO4. The number of carbonyl (C=O) groups excluding carboxylic acids is 1. The van der Waals surface area contributed by atoms with E-state index in [1.54, 1.807) is 31.5 Å². The van der Waals surface area contributed by atoms with Crippen molar-refractivity contribution in [1.29, 1.82) is 0 Å². The maximum atomic E-state index is 13.0. The fourth-order valence-electron chi connectivity index (χ4n) is 2.82. The van der Waals surface area contributed by atoms with E-state index in [1.165, 1.54) is 6.07 Å². The van der Waals surface area contributed by atoms with Crippen molar-refractivity contribution in [1.82, 2.24) is 4.57 Å². The number of hydrogen-bond donors (Lipinski definition) is 1. The number of ether oxygens (including phenoxy) is 1. The first-order chi connectivity index (χ1) is 11.6. The number of nitrogens with zero attached hydrogens (tertiary/aromatic N) is 1. The fourth-order valence-corrected chi connectivity index (χ4v) is 2.82. The highest BCUT2D eigenvalue weighted by molar-refractivity contribution is 6.19. The van der Waals surface area contributed by atoms with Gasteiger partial charge in [0, 0.05) is 41.9 Å². The number of carboxylic acids is 1. The molecule has 1 heterocycles. The van der Waals surface area contributed by atoms with Crippen LogP contribution in [-0.2, 0) is 11.3 Å². The van der Waals surface area contributed by atoms with Gasteiger partial charge in [0.25, 0.3) is 0 Å². The maximum absolute atomic E-state index is 13.0. The number of methoxy groups -OCH3 is 1. The van der Waals surface area contributed by atoms with Crippen LogP contribution in [0.2, 0.25) is 0 Å². The summed E-state index contributed by atoms with van der Waals surface area (Å²) in [6, 6.07) is 13.9. The highest BCUT2D eigenvalue weighted by atomic mass is 16.5. The van der Waals surface area contributed by atoms with Crippen molar-refractivity contribution < 1.29 is 19.4 Å². The lowest BCUT2D eigenvalue weighted by molar-refractivity contribution is 0.0693. The normalized spacial score (nSPS) is 10.9. The molecule has 0 atom stereocenters. The molecule has 0 spiro atoms. The molecule has 0 saturated heterocycles. The Labute approximate surface area is 139 Å². The summed E-state index contributed by atoms with van der Waals surface area (Å²) in [5.74, 6) is -1.40. The predicted molar refractivity (Wildman–Crippen MR) is 90.6 cm³/mol. The summed E-state index contributed by atoms with van der Waals surface area (Å²) in [6.45, 7) is 1.14. The zero-order chi connectivity index (χ0) is 17.1. The van der Waals surface area contributed by atoms with Crippen molar-refractivity contribution in [2.45, 2.75) is 6.54 Å². The Morgan fingerprint density at radius 3 is 2.38 bits per heavy atom. The van der Waals surface area contributed by atoms with Gasteiger partial charge in [0.15, 0.2) is 5.78 Å². The van der Waals surface area contributed by atoms with Gasteiger partial charge in [-0.2, -0.15) is 0 Å². The quantitative estimate of drug-likeness (QED) is 0.707. The summed E-state index contributed by atoms with van der Waals surface area (Å²) in [7, 11) is 1.63. The Morgan fingerprint density at radius 2 is 1.67 bits per heavy atom. The number of benzene rings is 2. The molecule has 0 aliphatic carbocycles. The summed E-state index contributed by atoms with van der Waals surface area (Å²) in [4.78, 5) is 24.4. The lowest BCUT2D eigenvalue weighted by Crippen LogP contribution is -2.09. The molecule has 0 amide bonds. The first-order valence-corrected chi connectivity index (χ1v) is 7.57. The molecule has 0 fully saturated rings. The lowest BCUT2D eigenvalue weighted by atomic mass is 9.98.